The second-order valence-corrected chi connectivity index (χ2v) is 11.5. The molecule has 1 aromatic rings. The molecule has 0 aromatic heterocycles. The number of benzene rings is 1. The molecule has 1 saturated heterocycles. The van der Waals surface area contributed by atoms with Gasteiger partial charge in [0.05, 0.1) is 6.26 Å². The van der Waals surface area contributed by atoms with Crippen molar-refractivity contribution in [1.82, 2.24) is 9.62 Å². The number of allylic oxidation sites excluding steroid dienone is 2. The van der Waals surface area contributed by atoms with Crippen molar-refractivity contribution in [3.63, 3.8) is 0 Å². The zero-order chi connectivity index (χ0) is 19.4. The fraction of sp³-hybridized carbons (Fsp3) is 0.652. The van der Waals surface area contributed by atoms with Gasteiger partial charge < -0.3 is 4.90 Å². The molecule has 2 bridgehead atoms. The third-order valence-electron chi connectivity index (χ3n) is 7.90. The molecule has 5 heteroatoms. The van der Waals surface area contributed by atoms with Gasteiger partial charge in [-0.1, -0.05) is 36.4 Å². The highest BCUT2D eigenvalue weighted by atomic mass is 32.2. The van der Waals surface area contributed by atoms with Gasteiger partial charge >= 0.3 is 0 Å². The fourth-order valence-corrected chi connectivity index (χ4v) is 7.26. The van der Waals surface area contributed by atoms with Crippen molar-refractivity contribution in [3.05, 3.63) is 47.5 Å². The predicted octanol–water partition coefficient (Wildman–Crippen LogP) is 3.62. The van der Waals surface area contributed by atoms with Crippen LogP contribution in [-0.4, -0.2) is 39.2 Å². The van der Waals surface area contributed by atoms with Gasteiger partial charge in [-0.2, -0.15) is 0 Å². The van der Waals surface area contributed by atoms with E-state index in [0.717, 1.165) is 30.6 Å². The molecular weight excluding hydrogens is 368 g/mol. The standard InChI is InChI=1S/C23H32N2O2S/c1-28(26,27)24-22-8-9-23(21-5-3-2-4-20(21)22)10-12-25(13-11-23)16-19-15-17-6-7-18(19)14-17/h2-7,17-19,22,24H,8-16H2,1H3/t17?,18?,19?,22-/m0/s1. The molecule has 4 nitrogen and oxygen atoms in total. The second kappa shape index (κ2) is 6.96. The van der Waals surface area contributed by atoms with Crippen molar-refractivity contribution < 1.29 is 8.42 Å². The summed E-state index contributed by atoms with van der Waals surface area (Å²) >= 11 is 0. The lowest BCUT2D eigenvalue weighted by atomic mass is 9.63. The summed E-state index contributed by atoms with van der Waals surface area (Å²) in [6.07, 6.45) is 13.4. The van der Waals surface area contributed by atoms with Gasteiger partial charge in [0.15, 0.2) is 0 Å². The zero-order valence-corrected chi connectivity index (χ0v) is 17.6. The summed E-state index contributed by atoms with van der Waals surface area (Å²) in [5.74, 6) is 2.56. The summed E-state index contributed by atoms with van der Waals surface area (Å²) in [5, 5.41) is 0. The number of hydrogen-bond donors (Lipinski definition) is 1. The van der Waals surface area contributed by atoms with E-state index in [2.05, 4.69) is 40.0 Å². The Labute approximate surface area is 169 Å². The first-order chi connectivity index (χ1) is 13.4. The summed E-state index contributed by atoms with van der Waals surface area (Å²) < 4.78 is 26.5. The number of nitrogens with one attached hydrogen (secondary N) is 1. The van der Waals surface area contributed by atoms with Crippen LogP contribution in [-0.2, 0) is 15.4 Å². The van der Waals surface area contributed by atoms with E-state index in [1.807, 2.05) is 6.07 Å². The quantitative estimate of drug-likeness (QED) is 0.786. The van der Waals surface area contributed by atoms with Crippen LogP contribution >= 0.6 is 0 Å². The van der Waals surface area contributed by atoms with E-state index in [1.54, 1.807) is 0 Å². The summed E-state index contributed by atoms with van der Waals surface area (Å²) in [5.41, 5.74) is 2.83. The van der Waals surface area contributed by atoms with Crippen LogP contribution < -0.4 is 4.72 Å². The Bertz CT molecular complexity index is 870. The number of rotatable bonds is 4. The molecule has 2 fully saturated rings. The number of hydrogen-bond acceptors (Lipinski definition) is 3. The first-order valence-electron chi connectivity index (χ1n) is 10.9. The Morgan fingerprint density at radius 1 is 1.11 bits per heavy atom. The minimum Gasteiger partial charge on any atom is -0.303 e. The molecule has 1 spiro atoms. The van der Waals surface area contributed by atoms with Crippen LogP contribution in [0.4, 0.5) is 0 Å². The number of likely N-dealkylation sites (tertiary alicyclic amines) is 1. The third-order valence-corrected chi connectivity index (χ3v) is 8.61. The maximum atomic E-state index is 11.8. The van der Waals surface area contributed by atoms with Crippen LogP contribution in [0, 0.1) is 17.8 Å². The van der Waals surface area contributed by atoms with Crippen molar-refractivity contribution in [3.8, 4) is 0 Å². The van der Waals surface area contributed by atoms with Crippen molar-refractivity contribution in [2.45, 2.75) is 50.0 Å². The van der Waals surface area contributed by atoms with Crippen LogP contribution in [0.1, 0.15) is 55.7 Å². The lowest BCUT2D eigenvalue weighted by Gasteiger charge is -2.47. The van der Waals surface area contributed by atoms with Gasteiger partial charge in [0.25, 0.3) is 0 Å². The average molecular weight is 401 g/mol. The van der Waals surface area contributed by atoms with E-state index >= 15 is 0 Å². The monoisotopic (exact) mass is 400 g/mol. The Morgan fingerprint density at radius 3 is 2.57 bits per heavy atom. The van der Waals surface area contributed by atoms with Gasteiger partial charge in [-0.25, -0.2) is 13.1 Å². The maximum absolute atomic E-state index is 11.8. The largest absolute Gasteiger partial charge is 0.303 e. The van der Waals surface area contributed by atoms with Gasteiger partial charge in [-0.05, 0) is 85.9 Å². The SMILES string of the molecule is CS(=O)(=O)N[C@H]1CCC2(CCN(CC3CC4C=CC3C4)CC2)c2ccccc21. The summed E-state index contributed by atoms with van der Waals surface area (Å²) in [7, 11) is -3.20. The van der Waals surface area contributed by atoms with Gasteiger partial charge in [0.2, 0.25) is 10.0 Å². The molecule has 0 amide bonds. The fourth-order valence-electron chi connectivity index (χ4n) is 6.49. The highest BCUT2D eigenvalue weighted by Gasteiger charge is 2.43. The van der Waals surface area contributed by atoms with Crippen molar-refractivity contribution in [2.24, 2.45) is 17.8 Å². The van der Waals surface area contributed by atoms with Crippen LogP contribution in [0.3, 0.4) is 0 Å². The van der Waals surface area contributed by atoms with Gasteiger partial charge in [0, 0.05) is 12.6 Å². The molecule has 5 rings (SSSR count). The lowest BCUT2D eigenvalue weighted by molar-refractivity contribution is 0.119. The lowest BCUT2D eigenvalue weighted by Crippen LogP contribution is -2.47. The molecule has 3 aliphatic carbocycles. The summed E-state index contributed by atoms with van der Waals surface area (Å²) in [6.45, 7) is 3.62. The normalized spacial score (nSPS) is 34.0. The molecule has 1 aromatic carbocycles. The first kappa shape index (κ1) is 18.8. The minimum atomic E-state index is -3.20. The van der Waals surface area contributed by atoms with E-state index in [-0.39, 0.29) is 11.5 Å². The summed E-state index contributed by atoms with van der Waals surface area (Å²) in [6, 6.07) is 8.48. The molecular formula is C23H32N2O2S. The Kier molecular flexibility index (Phi) is 4.68. The molecule has 1 heterocycles. The zero-order valence-electron chi connectivity index (χ0n) is 16.8. The number of fused-ring (bicyclic) bond motifs is 4. The third kappa shape index (κ3) is 3.46. The van der Waals surface area contributed by atoms with Crippen molar-refractivity contribution in [1.29, 1.82) is 0 Å². The Balaban J connectivity index is 1.29. The molecule has 1 aliphatic heterocycles. The highest BCUT2D eigenvalue weighted by Crippen LogP contribution is 2.49. The van der Waals surface area contributed by atoms with E-state index in [0.29, 0.717) is 0 Å². The molecule has 1 saturated carbocycles. The molecule has 152 valence electrons. The second-order valence-electron chi connectivity index (χ2n) is 9.69. The molecule has 28 heavy (non-hydrogen) atoms. The Morgan fingerprint density at radius 2 is 1.89 bits per heavy atom. The van der Waals surface area contributed by atoms with Crippen LogP contribution in [0.15, 0.2) is 36.4 Å². The molecule has 1 N–H and O–H groups in total. The van der Waals surface area contributed by atoms with E-state index in [1.165, 1.54) is 62.7 Å². The van der Waals surface area contributed by atoms with Gasteiger partial charge in [-0.3, -0.25) is 0 Å². The molecule has 3 unspecified atom stereocenters. The smallest absolute Gasteiger partial charge is 0.209 e. The van der Waals surface area contributed by atoms with E-state index in [4.69, 9.17) is 0 Å². The predicted molar refractivity (Wildman–Crippen MR) is 113 cm³/mol. The van der Waals surface area contributed by atoms with Crippen LogP contribution in [0.2, 0.25) is 0 Å². The van der Waals surface area contributed by atoms with Gasteiger partial charge in [0.1, 0.15) is 0 Å². The average Bonchev–Trinajstić information content (AvgIpc) is 3.28. The van der Waals surface area contributed by atoms with E-state index in [9.17, 15) is 8.42 Å². The molecule has 4 aliphatic rings. The Hall–Kier alpha value is -1.17. The number of sulfonamides is 1. The minimum absolute atomic E-state index is 0.0734. The molecule has 4 atom stereocenters. The van der Waals surface area contributed by atoms with Crippen LogP contribution in [0.5, 0.6) is 0 Å². The first-order valence-corrected chi connectivity index (χ1v) is 12.8. The maximum Gasteiger partial charge on any atom is 0.209 e. The number of piperidine rings is 1. The highest BCUT2D eigenvalue weighted by molar-refractivity contribution is 7.88. The van der Waals surface area contributed by atoms with Crippen molar-refractivity contribution >= 4 is 10.0 Å². The summed E-state index contributed by atoms with van der Waals surface area (Å²) in [4.78, 5) is 2.70. The molecule has 0 radical (unpaired) electrons. The van der Waals surface area contributed by atoms with Crippen LogP contribution in [0.25, 0.3) is 0 Å². The number of nitrogens with zero attached hydrogens (tertiary/aromatic N) is 1. The van der Waals surface area contributed by atoms with Gasteiger partial charge in [-0.15, -0.1) is 0 Å². The van der Waals surface area contributed by atoms with E-state index < -0.39 is 10.0 Å². The van der Waals surface area contributed by atoms with Crippen molar-refractivity contribution in [2.75, 3.05) is 25.9 Å². The topological polar surface area (TPSA) is 49.4 Å².